The minimum Gasteiger partial charge on any atom is -0.378 e. The number of morpholine rings is 1. The molecule has 1 amide bonds. The first kappa shape index (κ1) is 19.6. The second-order valence-corrected chi connectivity index (χ2v) is 7.01. The predicted molar refractivity (Wildman–Crippen MR) is 106 cm³/mol. The molecular formula is C20H23ClFN3O2. The lowest BCUT2D eigenvalue weighted by Crippen LogP contribution is -2.37. The van der Waals surface area contributed by atoms with Crippen LogP contribution in [-0.4, -0.2) is 50.7 Å². The van der Waals surface area contributed by atoms with Crippen molar-refractivity contribution in [1.82, 2.24) is 4.90 Å². The van der Waals surface area contributed by atoms with Gasteiger partial charge in [0, 0.05) is 30.3 Å². The van der Waals surface area contributed by atoms with Crippen molar-refractivity contribution < 1.29 is 13.9 Å². The van der Waals surface area contributed by atoms with Crippen LogP contribution in [0.5, 0.6) is 0 Å². The highest BCUT2D eigenvalue weighted by molar-refractivity contribution is 6.30. The smallest absolute Gasteiger partial charge is 0.238 e. The van der Waals surface area contributed by atoms with E-state index < -0.39 is 5.82 Å². The van der Waals surface area contributed by atoms with Crippen LogP contribution in [0.2, 0.25) is 5.02 Å². The number of hydrogen-bond donors (Lipinski definition) is 1. The van der Waals surface area contributed by atoms with Crippen molar-refractivity contribution in [2.75, 3.05) is 50.1 Å². The van der Waals surface area contributed by atoms with E-state index in [2.05, 4.69) is 22.3 Å². The van der Waals surface area contributed by atoms with Gasteiger partial charge in [-0.2, -0.15) is 0 Å². The lowest BCUT2D eigenvalue weighted by molar-refractivity contribution is -0.117. The molecule has 1 aliphatic heterocycles. The van der Waals surface area contributed by atoms with Crippen LogP contribution in [-0.2, 0) is 16.1 Å². The van der Waals surface area contributed by atoms with Gasteiger partial charge in [0.2, 0.25) is 5.91 Å². The van der Waals surface area contributed by atoms with Crippen LogP contribution in [0, 0.1) is 5.82 Å². The molecule has 0 atom stereocenters. The summed E-state index contributed by atoms with van der Waals surface area (Å²) in [7, 11) is 1.87. The number of hydrogen-bond acceptors (Lipinski definition) is 4. The molecule has 27 heavy (non-hydrogen) atoms. The first-order valence-electron chi connectivity index (χ1n) is 8.87. The molecular weight excluding hydrogens is 369 g/mol. The second-order valence-electron chi connectivity index (χ2n) is 6.57. The van der Waals surface area contributed by atoms with Gasteiger partial charge in [-0.3, -0.25) is 9.69 Å². The van der Waals surface area contributed by atoms with E-state index >= 15 is 0 Å². The fourth-order valence-corrected chi connectivity index (χ4v) is 3.30. The number of carbonyl (C=O) groups is 1. The van der Waals surface area contributed by atoms with E-state index in [4.69, 9.17) is 16.3 Å². The van der Waals surface area contributed by atoms with Crippen molar-refractivity contribution in [2.45, 2.75) is 6.54 Å². The van der Waals surface area contributed by atoms with E-state index in [1.165, 1.54) is 18.2 Å². The zero-order valence-electron chi connectivity index (χ0n) is 15.3. The fraction of sp³-hybridized carbons (Fsp3) is 0.350. The molecule has 0 saturated carbocycles. The Morgan fingerprint density at radius 3 is 2.78 bits per heavy atom. The summed E-state index contributed by atoms with van der Waals surface area (Å²) in [6.07, 6.45) is 0. The summed E-state index contributed by atoms with van der Waals surface area (Å²) < 4.78 is 19.2. The van der Waals surface area contributed by atoms with Gasteiger partial charge < -0.3 is 15.0 Å². The van der Waals surface area contributed by atoms with E-state index in [9.17, 15) is 9.18 Å². The highest BCUT2D eigenvalue weighted by Crippen LogP contribution is 2.23. The molecule has 7 heteroatoms. The van der Waals surface area contributed by atoms with Crippen LogP contribution < -0.4 is 10.2 Å². The summed E-state index contributed by atoms with van der Waals surface area (Å²) in [6.45, 7) is 3.91. The van der Waals surface area contributed by atoms with Crippen LogP contribution in [0.25, 0.3) is 0 Å². The third-order valence-corrected chi connectivity index (χ3v) is 4.63. The number of anilines is 2. The Kier molecular flexibility index (Phi) is 6.66. The number of ether oxygens (including phenoxy) is 1. The lowest BCUT2D eigenvalue weighted by atomic mass is 10.1. The molecule has 1 fully saturated rings. The van der Waals surface area contributed by atoms with Crippen molar-refractivity contribution in [2.24, 2.45) is 0 Å². The van der Waals surface area contributed by atoms with Crippen molar-refractivity contribution >= 4 is 28.9 Å². The van der Waals surface area contributed by atoms with Crippen molar-refractivity contribution in [3.8, 4) is 0 Å². The van der Waals surface area contributed by atoms with Gasteiger partial charge >= 0.3 is 0 Å². The molecule has 3 rings (SSSR count). The zero-order chi connectivity index (χ0) is 19.2. The normalized spacial score (nSPS) is 14.4. The monoisotopic (exact) mass is 391 g/mol. The Morgan fingerprint density at radius 1 is 1.26 bits per heavy atom. The maximum absolute atomic E-state index is 13.8. The molecule has 2 aromatic rings. The summed E-state index contributed by atoms with van der Waals surface area (Å²) in [5, 5.41) is 2.95. The number of rotatable bonds is 6. The summed E-state index contributed by atoms with van der Waals surface area (Å²) in [5.41, 5.74) is 2.40. The van der Waals surface area contributed by atoms with Gasteiger partial charge in [-0.25, -0.2) is 4.39 Å². The van der Waals surface area contributed by atoms with Gasteiger partial charge in [-0.1, -0.05) is 29.8 Å². The number of halogens is 2. The molecule has 0 aromatic heterocycles. The molecule has 0 radical (unpaired) electrons. The maximum Gasteiger partial charge on any atom is 0.238 e. The van der Waals surface area contributed by atoms with Crippen molar-refractivity contribution in [1.29, 1.82) is 0 Å². The number of nitrogens with zero attached hydrogens (tertiary/aromatic N) is 2. The van der Waals surface area contributed by atoms with Crippen molar-refractivity contribution in [3.63, 3.8) is 0 Å². The van der Waals surface area contributed by atoms with Gasteiger partial charge in [0.05, 0.1) is 25.4 Å². The van der Waals surface area contributed by atoms with Crippen LogP contribution in [0.1, 0.15) is 5.56 Å². The molecule has 0 aliphatic carbocycles. The maximum atomic E-state index is 13.8. The summed E-state index contributed by atoms with van der Waals surface area (Å²) >= 11 is 5.86. The number of likely N-dealkylation sites (N-methyl/N-ethyl adjacent to an activating group) is 1. The van der Waals surface area contributed by atoms with Crippen LogP contribution >= 0.6 is 11.6 Å². The molecule has 1 N–H and O–H groups in total. The lowest BCUT2D eigenvalue weighted by Gasteiger charge is -2.31. The third kappa shape index (κ3) is 5.42. The van der Waals surface area contributed by atoms with Crippen LogP contribution in [0.15, 0.2) is 42.5 Å². The second kappa shape index (κ2) is 9.17. The topological polar surface area (TPSA) is 44.8 Å². The Balaban J connectivity index is 1.61. The van der Waals surface area contributed by atoms with Gasteiger partial charge in [0.15, 0.2) is 0 Å². The number of amides is 1. The Hall–Kier alpha value is -2.15. The Morgan fingerprint density at radius 2 is 2.00 bits per heavy atom. The standard InChI is InChI=1S/C20H23ClFN3O2/c1-24(14-20(26)23-18-12-16(21)6-7-17(18)22)13-15-4-2-3-5-19(15)25-8-10-27-11-9-25/h2-7,12H,8-11,13-14H2,1H3,(H,23,26). The van der Waals surface area contributed by atoms with E-state index in [1.807, 2.05) is 24.1 Å². The van der Waals surface area contributed by atoms with Gasteiger partial charge in [0.25, 0.3) is 0 Å². The van der Waals surface area contributed by atoms with Gasteiger partial charge in [0.1, 0.15) is 5.82 Å². The first-order valence-corrected chi connectivity index (χ1v) is 9.25. The van der Waals surface area contributed by atoms with Crippen LogP contribution in [0.3, 0.4) is 0 Å². The number of para-hydroxylation sites is 1. The van der Waals surface area contributed by atoms with E-state index in [-0.39, 0.29) is 18.1 Å². The molecule has 5 nitrogen and oxygen atoms in total. The minimum atomic E-state index is -0.506. The average molecular weight is 392 g/mol. The summed E-state index contributed by atoms with van der Waals surface area (Å²) in [5.74, 6) is -0.796. The number of nitrogens with one attached hydrogen (secondary N) is 1. The fourth-order valence-electron chi connectivity index (χ4n) is 3.13. The molecule has 1 heterocycles. The van der Waals surface area contributed by atoms with Gasteiger partial charge in [-0.15, -0.1) is 0 Å². The Bertz CT molecular complexity index is 797. The molecule has 1 saturated heterocycles. The third-order valence-electron chi connectivity index (χ3n) is 4.40. The molecule has 1 aliphatic rings. The van der Waals surface area contributed by atoms with Crippen molar-refractivity contribution in [3.05, 3.63) is 58.9 Å². The zero-order valence-corrected chi connectivity index (χ0v) is 16.0. The highest BCUT2D eigenvalue weighted by Gasteiger charge is 2.16. The van der Waals surface area contributed by atoms with E-state index in [0.717, 1.165) is 37.6 Å². The minimum absolute atomic E-state index is 0.0922. The molecule has 0 unspecified atom stereocenters. The number of carbonyl (C=O) groups excluding carboxylic acids is 1. The molecule has 0 spiro atoms. The van der Waals surface area contributed by atoms with Crippen LogP contribution in [0.4, 0.5) is 15.8 Å². The van der Waals surface area contributed by atoms with Gasteiger partial charge in [-0.05, 0) is 36.9 Å². The summed E-state index contributed by atoms with van der Waals surface area (Å²) in [4.78, 5) is 16.5. The van der Waals surface area contributed by atoms with E-state index in [1.54, 1.807) is 0 Å². The molecule has 2 aromatic carbocycles. The first-order chi connectivity index (χ1) is 13.0. The number of benzene rings is 2. The SMILES string of the molecule is CN(CC(=O)Nc1cc(Cl)ccc1F)Cc1ccccc1N1CCOCC1. The van der Waals surface area contributed by atoms with E-state index in [0.29, 0.717) is 11.6 Å². The highest BCUT2D eigenvalue weighted by atomic mass is 35.5. The quantitative estimate of drug-likeness (QED) is 0.819. The summed E-state index contributed by atoms with van der Waals surface area (Å²) in [6, 6.07) is 12.3. The average Bonchev–Trinajstić information content (AvgIpc) is 2.65. The molecule has 144 valence electrons. The predicted octanol–water partition coefficient (Wildman–Crippen LogP) is 3.39. The molecule has 0 bridgehead atoms. The Labute approximate surface area is 163 Å². The largest absolute Gasteiger partial charge is 0.378 e.